The molecule has 17 heavy (non-hydrogen) atoms. The summed E-state index contributed by atoms with van der Waals surface area (Å²) in [7, 11) is 1.23. The van der Waals surface area contributed by atoms with Crippen LogP contribution in [0.2, 0.25) is 0 Å². The molecule has 0 aliphatic carbocycles. The smallest absolute Gasteiger partial charge is 0.326 e. The number of nitrogens with one attached hydrogen (secondary N) is 1. The number of carboxylic acids is 1. The SMILES string of the molecule is COC(=O)CC[C@H](NC(=O)CC(C)C)C(=O)O. The maximum absolute atomic E-state index is 11.4. The van der Waals surface area contributed by atoms with Gasteiger partial charge < -0.3 is 15.2 Å². The molecule has 0 rings (SSSR count). The van der Waals surface area contributed by atoms with Gasteiger partial charge in [-0.05, 0) is 12.3 Å². The number of esters is 1. The van der Waals surface area contributed by atoms with Crippen molar-refractivity contribution in [3.63, 3.8) is 0 Å². The van der Waals surface area contributed by atoms with Crippen molar-refractivity contribution < 1.29 is 24.2 Å². The fraction of sp³-hybridized carbons (Fsp3) is 0.727. The number of hydrogen-bond donors (Lipinski definition) is 2. The van der Waals surface area contributed by atoms with Crippen LogP contribution in [0.4, 0.5) is 0 Å². The molecular formula is C11H19NO5. The summed E-state index contributed by atoms with van der Waals surface area (Å²) in [5.74, 6) is -1.80. The maximum atomic E-state index is 11.4. The lowest BCUT2D eigenvalue weighted by Gasteiger charge is -2.14. The highest BCUT2D eigenvalue weighted by Crippen LogP contribution is 2.03. The number of hydrogen-bond acceptors (Lipinski definition) is 4. The van der Waals surface area contributed by atoms with E-state index in [9.17, 15) is 14.4 Å². The standard InChI is InChI=1S/C11H19NO5/c1-7(2)6-9(13)12-8(11(15)16)4-5-10(14)17-3/h7-8H,4-6H2,1-3H3,(H,12,13)(H,15,16)/t8-/m0/s1. The summed E-state index contributed by atoms with van der Waals surface area (Å²) in [5, 5.41) is 11.3. The molecule has 6 nitrogen and oxygen atoms in total. The van der Waals surface area contributed by atoms with Gasteiger partial charge in [-0.3, -0.25) is 9.59 Å². The fourth-order valence-electron chi connectivity index (χ4n) is 1.25. The largest absolute Gasteiger partial charge is 0.480 e. The molecule has 0 bridgehead atoms. The minimum absolute atomic E-state index is 0.0323. The van der Waals surface area contributed by atoms with Crippen LogP contribution >= 0.6 is 0 Å². The quantitative estimate of drug-likeness (QED) is 0.639. The fourth-order valence-corrected chi connectivity index (χ4v) is 1.25. The zero-order chi connectivity index (χ0) is 13.4. The van der Waals surface area contributed by atoms with E-state index in [4.69, 9.17) is 5.11 Å². The van der Waals surface area contributed by atoms with E-state index < -0.39 is 18.0 Å². The van der Waals surface area contributed by atoms with Crippen LogP contribution in [0.25, 0.3) is 0 Å². The maximum Gasteiger partial charge on any atom is 0.326 e. The molecule has 0 aromatic carbocycles. The number of carbonyl (C=O) groups is 3. The number of methoxy groups -OCH3 is 1. The highest BCUT2D eigenvalue weighted by molar-refractivity contribution is 5.84. The third-order valence-corrected chi connectivity index (χ3v) is 2.09. The number of amides is 1. The second kappa shape index (κ2) is 7.65. The third kappa shape index (κ3) is 7.32. The van der Waals surface area contributed by atoms with E-state index in [0.717, 1.165) is 0 Å². The predicted octanol–water partition coefficient (Wildman–Crippen LogP) is 0.555. The Morgan fingerprint density at radius 3 is 2.29 bits per heavy atom. The van der Waals surface area contributed by atoms with Crippen LogP contribution in [0, 0.1) is 5.92 Å². The predicted molar refractivity (Wildman–Crippen MR) is 60.3 cm³/mol. The summed E-state index contributed by atoms with van der Waals surface area (Å²) in [4.78, 5) is 33.1. The van der Waals surface area contributed by atoms with E-state index in [2.05, 4.69) is 10.1 Å². The zero-order valence-corrected chi connectivity index (χ0v) is 10.4. The van der Waals surface area contributed by atoms with Crippen LogP contribution in [0.3, 0.4) is 0 Å². The summed E-state index contributed by atoms with van der Waals surface area (Å²) in [6.07, 6.45) is 0.267. The average molecular weight is 245 g/mol. The number of carboxylic acid groups (broad SMARTS) is 1. The molecule has 1 atom stereocenters. The van der Waals surface area contributed by atoms with Crippen molar-refractivity contribution in [3.8, 4) is 0 Å². The summed E-state index contributed by atoms with van der Waals surface area (Å²) in [6, 6.07) is -1.04. The lowest BCUT2D eigenvalue weighted by molar-refractivity contribution is -0.144. The first kappa shape index (κ1) is 15.4. The first-order chi connectivity index (χ1) is 7.86. The van der Waals surface area contributed by atoms with Crippen LogP contribution < -0.4 is 5.32 Å². The molecule has 0 aromatic rings. The highest BCUT2D eigenvalue weighted by Gasteiger charge is 2.21. The molecule has 0 aromatic heterocycles. The Labute approximate surface area is 100 Å². The molecule has 0 spiro atoms. The molecule has 0 heterocycles. The van der Waals surface area contributed by atoms with Crippen molar-refractivity contribution in [2.24, 2.45) is 5.92 Å². The van der Waals surface area contributed by atoms with Crippen molar-refractivity contribution in [2.45, 2.75) is 39.2 Å². The first-order valence-corrected chi connectivity index (χ1v) is 5.45. The minimum atomic E-state index is -1.15. The summed E-state index contributed by atoms with van der Waals surface area (Å²) in [5.41, 5.74) is 0. The molecule has 0 aliphatic heterocycles. The lowest BCUT2D eigenvalue weighted by atomic mass is 10.1. The van der Waals surface area contributed by atoms with Gasteiger partial charge in [0.2, 0.25) is 5.91 Å². The monoisotopic (exact) mass is 245 g/mol. The van der Waals surface area contributed by atoms with Gasteiger partial charge in [-0.15, -0.1) is 0 Å². The average Bonchev–Trinajstić information content (AvgIpc) is 2.22. The molecule has 0 radical (unpaired) electrons. The Hall–Kier alpha value is -1.59. The van der Waals surface area contributed by atoms with Gasteiger partial charge >= 0.3 is 11.9 Å². The molecule has 0 saturated carbocycles. The van der Waals surface area contributed by atoms with Crippen LogP contribution in [0.5, 0.6) is 0 Å². The highest BCUT2D eigenvalue weighted by atomic mass is 16.5. The molecule has 0 unspecified atom stereocenters. The zero-order valence-electron chi connectivity index (χ0n) is 10.4. The number of rotatable bonds is 7. The van der Waals surface area contributed by atoms with Gasteiger partial charge in [0, 0.05) is 12.8 Å². The summed E-state index contributed by atoms with van der Waals surface area (Å²) >= 11 is 0. The topological polar surface area (TPSA) is 92.7 Å². The van der Waals surface area contributed by atoms with Gasteiger partial charge in [0.05, 0.1) is 7.11 Å². The second-order valence-corrected chi connectivity index (χ2v) is 4.17. The van der Waals surface area contributed by atoms with Crippen LogP contribution in [-0.4, -0.2) is 36.1 Å². The Morgan fingerprint density at radius 1 is 1.29 bits per heavy atom. The molecule has 2 N–H and O–H groups in total. The molecule has 0 aliphatic rings. The molecule has 1 amide bonds. The molecule has 0 saturated heterocycles. The van der Waals surface area contributed by atoms with Gasteiger partial charge in [-0.2, -0.15) is 0 Å². The van der Waals surface area contributed by atoms with E-state index in [-0.39, 0.29) is 31.1 Å². The van der Waals surface area contributed by atoms with Gasteiger partial charge in [-0.1, -0.05) is 13.8 Å². The Morgan fingerprint density at radius 2 is 1.88 bits per heavy atom. The number of ether oxygens (including phenoxy) is 1. The van der Waals surface area contributed by atoms with E-state index in [1.165, 1.54) is 7.11 Å². The van der Waals surface area contributed by atoms with Gasteiger partial charge in [0.15, 0.2) is 0 Å². The van der Waals surface area contributed by atoms with Crippen LogP contribution in [0.15, 0.2) is 0 Å². The second-order valence-electron chi connectivity index (χ2n) is 4.17. The van der Waals surface area contributed by atoms with Crippen LogP contribution in [0.1, 0.15) is 33.1 Å². The van der Waals surface area contributed by atoms with Crippen molar-refractivity contribution in [1.29, 1.82) is 0 Å². The molecule has 6 heteroatoms. The lowest BCUT2D eigenvalue weighted by Crippen LogP contribution is -2.41. The summed E-state index contributed by atoms with van der Waals surface area (Å²) in [6.45, 7) is 3.73. The molecule has 98 valence electrons. The van der Waals surface area contributed by atoms with Crippen molar-refractivity contribution in [2.75, 3.05) is 7.11 Å². The van der Waals surface area contributed by atoms with Gasteiger partial charge in [0.1, 0.15) is 6.04 Å². The van der Waals surface area contributed by atoms with Crippen LogP contribution in [-0.2, 0) is 19.1 Å². The molecular weight excluding hydrogens is 226 g/mol. The van der Waals surface area contributed by atoms with E-state index in [0.29, 0.717) is 0 Å². The summed E-state index contributed by atoms with van der Waals surface area (Å²) < 4.78 is 4.41. The minimum Gasteiger partial charge on any atom is -0.480 e. The third-order valence-electron chi connectivity index (χ3n) is 2.09. The molecule has 0 fully saturated rings. The van der Waals surface area contributed by atoms with E-state index in [1.54, 1.807) is 0 Å². The number of carbonyl (C=O) groups excluding carboxylic acids is 2. The Bertz CT molecular complexity index is 288. The van der Waals surface area contributed by atoms with E-state index in [1.807, 2.05) is 13.8 Å². The Balaban J connectivity index is 4.20. The van der Waals surface area contributed by atoms with Crippen molar-refractivity contribution in [1.82, 2.24) is 5.32 Å². The van der Waals surface area contributed by atoms with Crippen molar-refractivity contribution >= 4 is 17.8 Å². The van der Waals surface area contributed by atoms with E-state index >= 15 is 0 Å². The first-order valence-electron chi connectivity index (χ1n) is 5.45. The normalized spacial score (nSPS) is 12.0. The van der Waals surface area contributed by atoms with Gasteiger partial charge in [-0.25, -0.2) is 4.79 Å². The van der Waals surface area contributed by atoms with Crippen molar-refractivity contribution in [3.05, 3.63) is 0 Å². The van der Waals surface area contributed by atoms with Gasteiger partial charge in [0.25, 0.3) is 0 Å². The Kier molecular flexibility index (Phi) is 6.93. The number of aliphatic carboxylic acids is 1.